The quantitative estimate of drug-likeness (QED) is 0.687. The van der Waals surface area contributed by atoms with Gasteiger partial charge in [-0.05, 0) is 42.8 Å². The predicted octanol–water partition coefficient (Wildman–Crippen LogP) is 3.70. The van der Waals surface area contributed by atoms with Crippen LogP contribution < -0.4 is 20.5 Å². The first kappa shape index (κ1) is 19.5. The standard InChI is InChI=1S/C21H19ClN2O4/c1-14-5-3-6-15(11-14)13-28-24-10-4-7-17(21(24)26)20(25)23-18-12-16(22)8-9-19(18)27-2/h3-12H,13H2,1-2H3,(H,23,25). The van der Waals surface area contributed by atoms with Gasteiger partial charge in [0, 0.05) is 11.2 Å². The van der Waals surface area contributed by atoms with E-state index in [1.165, 1.54) is 19.4 Å². The Morgan fingerprint density at radius 2 is 1.96 bits per heavy atom. The van der Waals surface area contributed by atoms with Gasteiger partial charge in [0.1, 0.15) is 17.9 Å². The Kier molecular flexibility index (Phi) is 6.01. The highest BCUT2D eigenvalue weighted by Gasteiger charge is 2.15. The molecular formula is C21H19ClN2O4. The van der Waals surface area contributed by atoms with E-state index in [1.54, 1.807) is 24.3 Å². The van der Waals surface area contributed by atoms with Crippen LogP contribution in [-0.4, -0.2) is 17.7 Å². The van der Waals surface area contributed by atoms with Crippen LogP contribution in [0.3, 0.4) is 0 Å². The highest BCUT2D eigenvalue weighted by atomic mass is 35.5. The molecule has 1 heterocycles. The zero-order valence-electron chi connectivity index (χ0n) is 15.4. The van der Waals surface area contributed by atoms with Crippen LogP contribution in [0.15, 0.2) is 65.6 Å². The molecule has 2 aromatic carbocycles. The van der Waals surface area contributed by atoms with E-state index in [4.69, 9.17) is 21.2 Å². The van der Waals surface area contributed by atoms with E-state index >= 15 is 0 Å². The summed E-state index contributed by atoms with van der Waals surface area (Å²) in [6.07, 6.45) is 1.47. The third kappa shape index (κ3) is 4.53. The number of methoxy groups -OCH3 is 1. The summed E-state index contributed by atoms with van der Waals surface area (Å²) < 4.78 is 6.25. The van der Waals surface area contributed by atoms with Crippen molar-refractivity contribution in [3.05, 3.63) is 92.9 Å². The zero-order chi connectivity index (χ0) is 20.1. The SMILES string of the molecule is COc1ccc(Cl)cc1NC(=O)c1cccn(OCc2cccc(C)c2)c1=O. The summed E-state index contributed by atoms with van der Waals surface area (Å²) in [7, 11) is 1.48. The normalized spacial score (nSPS) is 10.4. The van der Waals surface area contributed by atoms with E-state index in [0.717, 1.165) is 15.9 Å². The largest absolute Gasteiger partial charge is 0.495 e. The van der Waals surface area contributed by atoms with Crippen LogP contribution in [0.2, 0.25) is 5.02 Å². The smallest absolute Gasteiger partial charge is 0.295 e. The number of anilines is 1. The van der Waals surface area contributed by atoms with Gasteiger partial charge >= 0.3 is 0 Å². The minimum atomic E-state index is -0.584. The van der Waals surface area contributed by atoms with Crippen LogP contribution in [-0.2, 0) is 6.61 Å². The van der Waals surface area contributed by atoms with E-state index in [9.17, 15) is 9.59 Å². The Morgan fingerprint density at radius 1 is 1.14 bits per heavy atom. The lowest BCUT2D eigenvalue weighted by Crippen LogP contribution is -2.32. The van der Waals surface area contributed by atoms with Crippen LogP contribution in [0.5, 0.6) is 5.75 Å². The van der Waals surface area contributed by atoms with Gasteiger partial charge in [-0.25, -0.2) is 0 Å². The fourth-order valence-electron chi connectivity index (χ4n) is 2.66. The number of rotatable bonds is 6. The Labute approximate surface area is 167 Å². The molecule has 0 saturated heterocycles. The number of benzene rings is 2. The minimum absolute atomic E-state index is 0.0613. The molecule has 28 heavy (non-hydrogen) atoms. The second-order valence-corrected chi connectivity index (χ2v) is 6.55. The van der Waals surface area contributed by atoms with Crippen molar-refractivity contribution in [3.63, 3.8) is 0 Å². The van der Waals surface area contributed by atoms with Crippen molar-refractivity contribution in [1.82, 2.24) is 4.73 Å². The maximum atomic E-state index is 12.6. The molecule has 3 aromatic rings. The summed E-state index contributed by atoms with van der Waals surface area (Å²) in [5, 5.41) is 3.08. The average molecular weight is 399 g/mol. The molecule has 0 unspecified atom stereocenters. The van der Waals surface area contributed by atoms with Crippen molar-refractivity contribution < 1.29 is 14.4 Å². The van der Waals surface area contributed by atoms with Gasteiger partial charge in [-0.2, -0.15) is 4.73 Å². The molecule has 1 N–H and O–H groups in total. The van der Waals surface area contributed by atoms with Crippen LogP contribution >= 0.6 is 11.6 Å². The third-order valence-corrected chi connectivity index (χ3v) is 4.26. The molecule has 0 spiro atoms. The first-order chi connectivity index (χ1) is 13.5. The molecule has 144 valence electrons. The van der Waals surface area contributed by atoms with Crippen LogP contribution in [0, 0.1) is 6.92 Å². The first-order valence-corrected chi connectivity index (χ1v) is 8.91. The van der Waals surface area contributed by atoms with Crippen molar-refractivity contribution >= 4 is 23.2 Å². The minimum Gasteiger partial charge on any atom is -0.495 e. The molecule has 0 atom stereocenters. The van der Waals surface area contributed by atoms with Gasteiger partial charge in [0.25, 0.3) is 11.5 Å². The number of carbonyl (C=O) groups excluding carboxylic acids is 1. The second-order valence-electron chi connectivity index (χ2n) is 6.11. The number of amides is 1. The fraction of sp³-hybridized carbons (Fsp3) is 0.143. The lowest BCUT2D eigenvalue weighted by molar-refractivity contribution is 0.0863. The van der Waals surface area contributed by atoms with Gasteiger partial charge in [0.15, 0.2) is 0 Å². The van der Waals surface area contributed by atoms with Crippen molar-refractivity contribution in [2.24, 2.45) is 0 Å². The maximum Gasteiger partial charge on any atom is 0.295 e. The monoisotopic (exact) mass is 398 g/mol. The molecule has 3 rings (SSSR count). The van der Waals surface area contributed by atoms with Gasteiger partial charge in [-0.1, -0.05) is 41.4 Å². The van der Waals surface area contributed by atoms with Crippen LogP contribution in [0.4, 0.5) is 5.69 Å². The highest BCUT2D eigenvalue weighted by molar-refractivity contribution is 6.31. The van der Waals surface area contributed by atoms with Crippen molar-refractivity contribution in [3.8, 4) is 5.75 Å². The van der Waals surface area contributed by atoms with Gasteiger partial charge < -0.3 is 14.9 Å². The number of aryl methyl sites for hydroxylation is 1. The van der Waals surface area contributed by atoms with Gasteiger partial charge in [-0.15, -0.1) is 0 Å². The van der Waals surface area contributed by atoms with E-state index < -0.39 is 11.5 Å². The van der Waals surface area contributed by atoms with Gasteiger partial charge in [0.05, 0.1) is 12.8 Å². The zero-order valence-corrected chi connectivity index (χ0v) is 16.2. The number of halogens is 1. The molecule has 1 amide bonds. The number of nitrogens with one attached hydrogen (secondary N) is 1. The van der Waals surface area contributed by atoms with Crippen LogP contribution in [0.1, 0.15) is 21.5 Å². The third-order valence-electron chi connectivity index (χ3n) is 4.02. The molecule has 0 radical (unpaired) electrons. The fourth-order valence-corrected chi connectivity index (χ4v) is 2.84. The van der Waals surface area contributed by atoms with E-state index in [1.807, 2.05) is 31.2 Å². The number of pyridine rings is 1. The molecule has 0 aliphatic heterocycles. The number of hydrogen-bond donors (Lipinski definition) is 1. The molecule has 1 aromatic heterocycles. The Bertz CT molecular complexity index is 1060. The molecule has 0 bridgehead atoms. The molecule has 0 aliphatic carbocycles. The Morgan fingerprint density at radius 3 is 2.71 bits per heavy atom. The summed E-state index contributed by atoms with van der Waals surface area (Å²) >= 11 is 5.98. The first-order valence-electron chi connectivity index (χ1n) is 8.53. The number of nitrogens with zero attached hydrogens (tertiary/aromatic N) is 1. The highest BCUT2D eigenvalue weighted by Crippen LogP contribution is 2.27. The second kappa shape index (κ2) is 8.63. The van der Waals surface area contributed by atoms with E-state index in [2.05, 4.69) is 5.32 Å². The average Bonchev–Trinajstić information content (AvgIpc) is 2.67. The number of carbonyl (C=O) groups is 1. The van der Waals surface area contributed by atoms with Crippen molar-refractivity contribution in [2.75, 3.05) is 12.4 Å². The molecule has 6 nitrogen and oxygen atoms in total. The van der Waals surface area contributed by atoms with Crippen LogP contribution in [0.25, 0.3) is 0 Å². The molecule has 7 heteroatoms. The number of ether oxygens (including phenoxy) is 1. The van der Waals surface area contributed by atoms with E-state index in [0.29, 0.717) is 16.5 Å². The lowest BCUT2D eigenvalue weighted by atomic mass is 10.1. The summed E-state index contributed by atoms with van der Waals surface area (Å²) in [4.78, 5) is 30.8. The topological polar surface area (TPSA) is 69.6 Å². The molecule has 0 aliphatic rings. The lowest BCUT2D eigenvalue weighted by Gasteiger charge is -2.12. The van der Waals surface area contributed by atoms with Gasteiger partial charge in [0.2, 0.25) is 0 Å². The number of hydrogen-bond acceptors (Lipinski definition) is 4. The Hall–Kier alpha value is -3.25. The van der Waals surface area contributed by atoms with E-state index in [-0.39, 0.29) is 12.2 Å². The van der Waals surface area contributed by atoms with Gasteiger partial charge in [-0.3, -0.25) is 9.59 Å². The van der Waals surface area contributed by atoms with Crippen molar-refractivity contribution in [1.29, 1.82) is 0 Å². The summed E-state index contributed by atoms with van der Waals surface area (Å²) in [6.45, 7) is 2.18. The summed E-state index contributed by atoms with van der Waals surface area (Å²) in [6, 6.07) is 15.6. The maximum absolute atomic E-state index is 12.6. The summed E-state index contributed by atoms with van der Waals surface area (Å²) in [5.74, 6) is -0.149. The predicted molar refractivity (Wildman–Crippen MR) is 108 cm³/mol. The Balaban J connectivity index is 1.79. The molecule has 0 fully saturated rings. The number of aromatic nitrogens is 1. The molecule has 0 saturated carbocycles. The summed E-state index contributed by atoms with van der Waals surface area (Å²) in [5.41, 5.74) is 1.76. The molecular weight excluding hydrogens is 380 g/mol. The van der Waals surface area contributed by atoms with Crippen molar-refractivity contribution in [2.45, 2.75) is 13.5 Å².